The minimum Gasteiger partial charge on any atom is -0.353 e. The van der Waals surface area contributed by atoms with Crippen LogP contribution in [0.5, 0.6) is 0 Å². The van der Waals surface area contributed by atoms with Gasteiger partial charge in [-0.3, -0.25) is 15.1 Å². The number of hydrogen-bond donors (Lipinski definition) is 3. The second-order valence-electron chi connectivity index (χ2n) is 8.21. The minimum atomic E-state index is -3.61. The molecule has 0 bridgehead atoms. The largest absolute Gasteiger partial charge is 0.353 e. The normalized spacial score (nSPS) is 24.3. The van der Waals surface area contributed by atoms with E-state index >= 15 is 0 Å². The topological polar surface area (TPSA) is 100 Å². The summed E-state index contributed by atoms with van der Waals surface area (Å²) < 4.78 is 27.1. The lowest BCUT2D eigenvalue weighted by Crippen LogP contribution is -2.72. The van der Waals surface area contributed by atoms with Crippen LogP contribution in [0, 0.1) is 0 Å². The van der Waals surface area contributed by atoms with Crippen LogP contribution in [0.4, 0.5) is 0 Å². The number of pyridine rings is 1. The molecule has 2 fully saturated rings. The van der Waals surface area contributed by atoms with Gasteiger partial charge in [-0.05, 0) is 48.4 Å². The molecular formula is C23H24N4O3S. The summed E-state index contributed by atoms with van der Waals surface area (Å²) in [6.45, 7) is 1.52. The van der Waals surface area contributed by atoms with Gasteiger partial charge in [0, 0.05) is 24.7 Å². The molecule has 1 amide bonds. The number of piperidine rings is 1. The Morgan fingerprint density at radius 1 is 1.03 bits per heavy atom. The van der Waals surface area contributed by atoms with Gasteiger partial charge < -0.3 is 10.6 Å². The summed E-state index contributed by atoms with van der Waals surface area (Å²) in [4.78, 5) is 16.3. The molecular weight excluding hydrogens is 412 g/mol. The van der Waals surface area contributed by atoms with Gasteiger partial charge in [0.1, 0.15) is 0 Å². The van der Waals surface area contributed by atoms with E-state index in [0.717, 1.165) is 22.0 Å². The van der Waals surface area contributed by atoms with Crippen molar-refractivity contribution in [2.75, 3.05) is 26.2 Å². The fourth-order valence-corrected chi connectivity index (χ4v) is 6.66. The zero-order valence-electron chi connectivity index (χ0n) is 17.0. The van der Waals surface area contributed by atoms with Crippen molar-refractivity contribution in [3.05, 3.63) is 60.8 Å². The molecule has 3 heterocycles. The minimum absolute atomic E-state index is 0.102. The molecule has 160 valence electrons. The van der Waals surface area contributed by atoms with Gasteiger partial charge in [0.2, 0.25) is 5.91 Å². The van der Waals surface area contributed by atoms with Gasteiger partial charge in [-0.15, -0.1) is 0 Å². The average Bonchev–Trinajstić information content (AvgIpc) is 2.81. The summed E-state index contributed by atoms with van der Waals surface area (Å²) in [5.41, 5.74) is 2.17. The van der Waals surface area contributed by atoms with Crippen LogP contribution < -0.4 is 16.0 Å². The number of aromatic nitrogens is 1. The van der Waals surface area contributed by atoms with Gasteiger partial charge in [-0.25, -0.2) is 8.42 Å². The van der Waals surface area contributed by atoms with Gasteiger partial charge in [-0.2, -0.15) is 0 Å². The zero-order chi connectivity index (χ0) is 21.5. The fourth-order valence-electron chi connectivity index (χ4n) is 4.60. The lowest BCUT2D eigenvalue weighted by atomic mass is 9.86. The number of rotatable bonds is 3. The molecule has 1 spiro atoms. The Labute approximate surface area is 181 Å². The van der Waals surface area contributed by atoms with Crippen molar-refractivity contribution in [3.63, 3.8) is 0 Å². The maximum absolute atomic E-state index is 13.6. The first-order valence-corrected chi connectivity index (χ1v) is 11.9. The fraction of sp³-hybridized carbons (Fsp3) is 0.304. The van der Waals surface area contributed by atoms with Crippen molar-refractivity contribution in [2.45, 2.75) is 22.1 Å². The number of amides is 1. The van der Waals surface area contributed by atoms with Gasteiger partial charge in [0.25, 0.3) is 0 Å². The molecule has 2 atom stereocenters. The van der Waals surface area contributed by atoms with E-state index in [2.05, 4.69) is 20.9 Å². The molecule has 1 aromatic heterocycles. The van der Waals surface area contributed by atoms with Crippen molar-refractivity contribution in [1.82, 2.24) is 20.9 Å². The third-order valence-corrected chi connectivity index (χ3v) is 8.69. The summed E-state index contributed by atoms with van der Waals surface area (Å²) in [6.07, 6.45) is 2.40. The summed E-state index contributed by atoms with van der Waals surface area (Å²) >= 11 is 0. The second-order valence-corrected chi connectivity index (χ2v) is 10.3. The summed E-state index contributed by atoms with van der Waals surface area (Å²) in [5, 5.41) is 9.68. The first-order chi connectivity index (χ1) is 15.0. The van der Waals surface area contributed by atoms with E-state index in [0.29, 0.717) is 31.0 Å². The molecule has 0 saturated carbocycles. The molecule has 0 radical (unpaired) electrons. The smallest absolute Gasteiger partial charge is 0.234 e. The van der Waals surface area contributed by atoms with E-state index in [9.17, 15) is 13.2 Å². The van der Waals surface area contributed by atoms with Crippen LogP contribution in [0.25, 0.3) is 22.0 Å². The van der Waals surface area contributed by atoms with Crippen LogP contribution in [0.15, 0.2) is 65.7 Å². The van der Waals surface area contributed by atoms with Gasteiger partial charge >= 0.3 is 0 Å². The van der Waals surface area contributed by atoms with E-state index in [4.69, 9.17) is 0 Å². The SMILES string of the molecule is O=C1CNC2(CCNCC2S(=O)(=O)c2ccc(-c3ccc4cccnc4c3)cc2)CN1. The van der Waals surface area contributed by atoms with Crippen LogP contribution in [0.2, 0.25) is 0 Å². The highest BCUT2D eigenvalue weighted by Gasteiger charge is 2.49. The number of piperazine rings is 1. The summed E-state index contributed by atoms with van der Waals surface area (Å²) in [7, 11) is -3.61. The molecule has 2 aliphatic heterocycles. The number of sulfone groups is 1. The van der Waals surface area contributed by atoms with Crippen LogP contribution in [0.3, 0.4) is 0 Å². The molecule has 7 nitrogen and oxygen atoms in total. The first kappa shape index (κ1) is 20.1. The Morgan fingerprint density at radius 2 is 1.84 bits per heavy atom. The van der Waals surface area contributed by atoms with E-state index in [1.165, 1.54) is 0 Å². The quantitative estimate of drug-likeness (QED) is 0.575. The van der Waals surface area contributed by atoms with Crippen molar-refractivity contribution in [3.8, 4) is 11.1 Å². The Balaban J connectivity index is 1.45. The zero-order valence-corrected chi connectivity index (χ0v) is 17.8. The summed E-state index contributed by atoms with van der Waals surface area (Å²) in [5.74, 6) is -0.102. The Bertz CT molecular complexity index is 1230. The van der Waals surface area contributed by atoms with Crippen LogP contribution in [-0.4, -0.2) is 56.3 Å². The van der Waals surface area contributed by atoms with Gasteiger partial charge in [-0.1, -0.05) is 30.3 Å². The third-order valence-electron chi connectivity index (χ3n) is 6.39. The maximum Gasteiger partial charge on any atom is 0.234 e. The van der Waals surface area contributed by atoms with E-state index in [-0.39, 0.29) is 12.5 Å². The van der Waals surface area contributed by atoms with E-state index in [1.54, 1.807) is 18.3 Å². The molecule has 5 rings (SSSR count). The number of fused-ring (bicyclic) bond motifs is 1. The molecule has 0 aliphatic carbocycles. The molecule has 2 unspecified atom stereocenters. The highest BCUT2D eigenvalue weighted by molar-refractivity contribution is 7.92. The van der Waals surface area contributed by atoms with Crippen molar-refractivity contribution < 1.29 is 13.2 Å². The third kappa shape index (κ3) is 3.60. The number of carbonyl (C=O) groups excluding carboxylic acids is 1. The van der Waals surface area contributed by atoms with Crippen LogP contribution in [0.1, 0.15) is 6.42 Å². The number of carbonyl (C=O) groups is 1. The van der Waals surface area contributed by atoms with Gasteiger partial charge in [0.15, 0.2) is 9.84 Å². The lowest BCUT2D eigenvalue weighted by Gasteiger charge is -2.46. The Kier molecular flexibility index (Phi) is 5.00. The van der Waals surface area contributed by atoms with E-state index in [1.807, 2.05) is 42.5 Å². The second kappa shape index (κ2) is 7.71. The first-order valence-electron chi connectivity index (χ1n) is 10.4. The number of hydrogen-bond acceptors (Lipinski definition) is 6. The lowest BCUT2D eigenvalue weighted by molar-refractivity contribution is -0.122. The Morgan fingerprint density at radius 3 is 2.61 bits per heavy atom. The average molecular weight is 437 g/mol. The van der Waals surface area contributed by atoms with Crippen LogP contribution in [-0.2, 0) is 14.6 Å². The highest BCUT2D eigenvalue weighted by Crippen LogP contribution is 2.31. The number of nitrogens with one attached hydrogen (secondary N) is 3. The number of nitrogens with zero attached hydrogens (tertiary/aromatic N) is 1. The standard InChI is InChI=1S/C23H24N4O3S/c28-22-14-27-23(15-26-22)9-11-24-13-21(23)31(29,30)19-7-5-16(6-8-19)18-4-3-17-2-1-10-25-20(17)12-18/h1-8,10,12,21,24,27H,9,11,13-15H2,(H,26,28). The predicted molar refractivity (Wildman–Crippen MR) is 119 cm³/mol. The van der Waals surface area contributed by atoms with E-state index < -0.39 is 20.6 Å². The van der Waals surface area contributed by atoms with Gasteiger partial charge in [0.05, 0.1) is 27.7 Å². The molecule has 2 saturated heterocycles. The summed E-state index contributed by atoms with van der Waals surface area (Å²) in [6, 6.07) is 17.0. The molecule has 2 aliphatic rings. The van der Waals surface area contributed by atoms with Crippen molar-refractivity contribution >= 4 is 26.6 Å². The molecule has 3 aromatic rings. The molecule has 2 aromatic carbocycles. The Hall–Kier alpha value is -2.81. The monoisotopic (exact) mass is 436 g/mol. The predicted octanol–water partition coefficient (Wildman–Crippen LogP) is 1.50. The van der Waals surface area contributed by atoms with Crippen molar-refractivity contribution in [2.24, 2.45) is 0 Å². The van der Waals surface area contributed by atoms with Crippen LogP contribution >= 0.6 is 0 Å². The molecule has 3 N–H and O–H groups in total. The van der Waals surface area contributed by atoms with Crippen molar-refractivity contribution in [1.29, 1.82) is 0 Å². The number of benzene rings is 2. The molecule has 31 heavy (non-hydrogen) atoms. The molecule has 8 heteroatoms. The highest BCUT2D eigenvalue weighted by atomic mass is 32.2. The maximum atomic E-state index is 13.6.